The van der Waals surface area contributed by atoms with Crippen molar-refractivity contribution in [2.75, 3.05) is 19.6 Å². The Morgan fingerprint density at radius 2 is 1.88 bits per heavy atom. The van der Waals surface area contributed by atoms with E-state index in [1.807, 2.05) is 42.5 Å². The predicted molar refractivity (Wildman–Crippen MR) is 98.5 cm³/mol. The van der Waals surface area contributed by atoms with Crippen LogP contribution >= 0.6 is 0 Å². The van der Waals surface area contributed by atoms with Crippen LogP contribution < -0.4 is 4.72 Å². The zero-order valence-electron chi connectivity index (χ0n) is 14.6. The summed E-state index contributed by atoms with van der Waals surface area (Å²) >= 11 is 0. The summed E-state index contributed by atoms with van der Waals surface area (Å²) in [7, 11) is -3.39. The van der Waals surface area contributed by atoms with Gasteiger partial charge in [0, 0.05) is 6.54 Å². The third kappa shape index (κ3) is 5.17. The number of nitrogens with zero attached hydrogens (tertiary/aromatic N) is 1. The molecule has 1 unspecified atom stereocenters. The molecule has 0 amide bonds. The van der Waals surface area contributed by atoms with Crippen molar-refractivity contribution in [2.24, 2.45) is 5.92 Å². The van der Waals surface area contributed by atoms with Crippen molar-refractivity contribution in [1.29, 1.82) is 0 Å². The average Bonchev–Trinajstić information content (AvgIpc) is 3.11. The molecule has 6 heteroatoms. The lowest BCUT2D eigenvalue weighted by molar-refractivity contribution is 0.125. The number of likely N-dealkylation sites (tertiary alicyclic amines) is 1. The number of hydrogen-bond acceptors (Lipinski definition) is 4. The standard InChI is InChI=1S/C19H26N2O3S/c1-16-9-11-21(12-10-16)18(19-8-5-13-24-19)14-20-25(22,23)15-17-6-3-2-4-7-17/h2-8,13,16,18,20H,9-12,14-15H2,1H3. The second-order valence-electron chi connectivity index (χ2n) is 6.84. The van der Waals surface area contributed by atoms with Crippen molar-refractivity contribution < 1.29 is 12.8 Å². The number of piperidine rings is 1. The molecule has 0 spiro atoms. The molecule has 1 N–H and O–H groups in total. The van der Waals surface area contributed by atoms with E-state index in [1.165, 1.54) is 0 Å². The van der Waals surface area contributed by atoms with Gasteiger partial charge in [0.25, 0.3) is 0 Å². The summed E-state index contributed by atoms with van der Waals surface area (Å²) in [6.07, 6.45) is 3.91. The molecule has 1 saturated heterocycles. The van der Waals surface area contributed by atoms with Crippen LogP contribution in [0.2, 0.25) is 0 Å². The zero-order chi connectivity index (χ0) is 17.7. The molecule has 5 nitrogen and oxygen atoms in total. The Morgan fingerprint density at radius 1 is 1.16 bits per heavy atom. The third-order valence-corrected chi connectivity index (χ3v) is 6.15. The molecule has 0 saturated carbocycles. The van der Waals surface area contributed by atoms with E-state index in [0.29, 0.717) is 6.54 Å². The van der Waals surface area contributed by atoms with Crippen LogP contribution in [0.4, 0.5) is 0 Å². The number of nitrogens with one attached hydrogen (secondary N) is 1. The Hall–Kier alpha value is -1.63. The van der Waals surface area contributed by atoms with Crippen molar-refractivity contribution in [3.8, 4) is 0 Å². The highest BCUT2D eigenvalue weighted by Gasteiger charge is 2.27. The van der Waals surface area contributed by atoms with Gasteiger partial charge in [-0.1, -0.05) is 37.3 Å². The first-order valence-electron chi connectivity index (χ1n) is 8.82. The monoisotopic (exact) mass is 362 g/mol. The van der Waals surface area contributed by atoms with E-state index in [9.17, 15) is 8.42 Å². The van der Waals surface area contributed by atoms with Gasteiger partial charge in [-0.3, -0.25) is 4.90 Å². The van der Waals surface area contributed by atoms with Gasteiger partial charge >= 0.3 is 0 Å². The minimum absolute atomic E-state index is 0.00422. The van der Waals surface area contributed by atoms with Gasteiger partial charge in [-0.25, -0.2) is 13.1 Å². The van der Waals surface area contributed by atoms with Crippen molar-refractivity contribution in [3.05, 3.63) is 60.1 Å². The van der Waals surface area contributed by atoms with Gasteiger partial charge < -0.3 is 4.42 Å². The third-order valence-electron chi connectivity index (χ3n) is 4.83. The molecule has 25 heavy (non-hydrogen) atoms. The lowest BCUT2D eigenvalue weighted by atomic mass is 9.97. The van der Waals surface area contributed by atoms with E-state index in [1.54, 1.807) is 6.26 Å². The number of sulfonamides is 1. The number of benzene rings is 1. The molecule has 0 aliphatic carbocycles. The van der Waals surface area contributed by atoms with Crippen LogP contribution in [0.1, 0.15) is 37.1 Å². The van der Waals surface area contributed by atoms with Gasteiger partial charge in [-0.05, 0) is 49.5 Å². The topological polar surface area (TPSA) is 62.6 Å². The first kappa shape index (κ1) is 18.2. The fourth-order valence-electron chi connectivity index (χ4n) is 3.28. The zero-order valence-corrected chi connectivity index (χ0v) is 15.4. The van der Waals surface area contributed by atoms with Crippen LogP contribution in [0.15, 0.2) is 53.1 Å². The summed E-state index contributed by atoms with van der Waals surface area (Å²) in [6, 6.07) is 13.0. The normalized spacial score (nSPS) is 18.3. The van der Waals surface area contributed by atoms with Crippen LogP contribution in [0.3, 0.4) is 0 Å². The first-order valence-corrected chi connectivity index (χ1v) is 10.5. The van der Waals surface area contributed by atoms with Gasteiger partial charge in [0.2, 0.25) is 10.0 Å². The van der Waals surface area contributed by atoms with E-state index in [0.717, 1.165) is 43.2 Å². The number of furan rings is 1. The van der Waals surface area contributed by atoms with E-state index >= 15 is 0 Å². The fraction of sp³-hybridized carbons (Fsp3) is 0.474. The number of hydrogen-bond donors (Lipinski definition) is 1. The maximum atomic E-state index is 12.4. The predicted octanol–water partition coefficient (Wildman–Crippen LogP) is 3.17. The Balaban J connectivity index is 1.66. The Morgan fingerprint density at radius 3 is 2.52 bits per heavy atom. The molecule has 2 heterocycles. The van der Waals surface area contributed by atoms with Crippen molar-refractivity contribution in [1.82, 2.24) is 9.62 Å². The molecule has 3 rings (SSSR count). The lowest BCUT2D eigenvalue weighted by Gasteiger charge is -2.35. The van der Waals surface area contributed by atoms with Crippen LogP contribution in [-0.4, -0.2) is 33.0 Å². The van der Waals surface area contributed by atoms with E-state index < -0.39 is 10.0 Å². The molecule has 136 valence electrons. The summed E-state index contributed by atoms with van der Waals surface area (Å²) in [6.45, 7) is 4.53. The summed E-state index contributed by atoms with van der Waals surface area (Å²) in [4.78, 5) is 2.32. The van der Waals surface area contributed by atoms with E-state index in [-0.39, 0.29) is 11.8 Å². The van der Waals surface area contributed by atoms with Crippen LogP contribution in [0.5, 0.6) is 0 Å². The molecular formula is C19H26N2O3S. The molecule has 0 radical (unpaired) electrons. The molecule has 1 aliphatic rings. The SMILES string of the molecule is CC1CCN(C(CNS(=O)(=O)Cc2ccccc2)c2ccco2)CC1. The minimum Gasteiger partial charge on any atom is -0.468 e. The summed E-state index contributed by atoms with van der Waals surface area (Å²) in [5.74, 6) is 1.54. The van der Waals surface area contributed by atoms with E-state index in [2.05, 4.69) is 16.5 Å². The largest absolute Gasteiger partial charge is 0.468 e. The van der Waals surface area contributed by atoms with Crippen molar-refractivity contribution in [3.63, 3.8) is 0 Å². The maximum Gasteiger partial charge on any atom is 0.215 e. The number of rotatable bonds is 7. The van der Waals surface area contributed by atoms with Gasteiger partial charge in [0.05, 0.1) is 18.1 Å². The molecular weight excluding hydrogens is 336 g/mol. The molecule has 1 atom stereocenters. The van der Waals surface area contributed by atoms with Crippen LogP contribution in [-0.2, 0) is 15.8 Å². The van der Waals surface area contributed by atoms with Gasteiger partial charge in [-0.15, -0.1) is 0 Å². The molecule has 1 aliphatic heterocycles. The Labute approximate surface area is 150 Å². The summed E-state index contributed by atoms with van der Waals surface area (Å²) in [5.41, 5.74) is 0.788. The lowest BCUT2D eigenvalue weighted by Crippen LogP contribution is -2.42. The highest BCUT2D eigenvalue weighted by Crippen LogP contribution is 2.27. The fourth-order valence-corrected chi connectivity index (χ4v) is 4.43. The van der Waals surface area contributed by atoms with Crippen LogP contribution in [0.25, 0.3) is 0 Å². The second-order valence-corrected chi connectivity index (χ2v) is 8.65. The van der Waals surface area contributed by atoms with E-state index in [4.69, 9.17) is 4.42 Å². The van der Waals surface area contributed by atoms with Crippen molar-refractivity contribution >= 4 is 10.0 Å². The molecule has 1 aromatic heterocycles. The smallest absolute Gasteiger partial charge is 0.215 e. The maximum absolute atomic E-state index is 12.4. The summed E-state index contributed by atoms with van der Waals surface area (Å²) in [5, 5.41) is 0. The van der Waals surface area contributed by atoms with Gasteiger partial charge in [0.1, 0.15) is 5.76 Å². The van der Waals surface area contributed by atoms with Crippen molar-refractivity contribution in [2.45, 2.75) is 31.6 Å². The highest BCUT2D eigenvalue weighted by atomic mass is 32.2. The Kier molecular flexibility index (Phi) is 5.93. The minimum atomic E-state index is -3.39. The van der Waals surface area contributed by atoms with Gasteiger partial charge in [0.15, 0.2) is 0 Å². The molecule has 1 aromatic carbocycles. The van der Waals surface area contributed by atoms with Crippen LogP contribution in [0, 0.1) is 5.92 Å². The quantitative estimate of drug-likeness (QED) is 0.822. The summed E-state index contributed by atoms with van der Waals surface area (Å²) < 4.78 is 33.3. The Bertz CT molecular complexity index is 736. The molecule has 1 fully saturated rings. The second kappa shape index (κ2) is 8.17. The highest BCUT2D eigenvalue weighted by molar-refractivity contribution is 7.88. The molecule has 0 bridgehead atoms. The average molecular weight is 362 g/mol. The van der Waals surface area contributed by atoms with Gasteiger partial charge in [-0.2, -0.15) is 0 Å². The molecule has 2 aromatic rings. The first-order chi connectivity index (χ1) is 12.0.